The summed E-state index contributed by atoms with van der Waals surface area (Å²) in [4.78, 5) is 36.9. The Balaban J connectivity index is 1.44. The van der Waals surface area contributed by atoms with Gasteiger partial charge in [-0.2, -0.15) is 0 Å². The van der Waals surface area contributed by atoms with Crippen LogP contribution < -0.4 is 10.9 Å². The van der Waals surface area contributed by atoms with E-state index in [0.717, 1.165) is 60.7 Å². The number of hydrogen-bond donors (Lipinski definition) is 1. The second kappa shape index (κ2) is 8.96. The standard InChI is InChI=1S/C25H27N5O2S2/c1-5-10-29-14(2)12-17(16(29)4)18-13-33-25(26-18)28-22(31)21-15(3)20-23(34-21)27-19-9-7-6-8-11-30(19)24(20)32/h5,12-13H,1,6-11H2,2-4H3,(H,26,28,31). The van der Waals surface area contributed by atoms with Gasteiger partial charge in [-0.15, -0.1) is 29.3 Å². The minimum atomic E-state index is -0.252. The maximum atomic E-state index is 13.2. The molecule has 34 heavy (non-hydrogen) atoms. The van der Waals surface area contributed by atoms with Gasteiger partial charge in [0.15, 0.2) is 5.13 Å². The number of thiophene rings is 1. The number of fused-ring (bicyclic) bond motifs is 2. The summed E-state index contributed by atoms with van der Waals surface area (Å²) in [7, 11) is 0. The van der Waals surface area contributed by atoms with E-state index in [1.807, 2.05) is 18.4 Å². The van der Waals surface area contributed by atoms with Crippen LogP contribution in [0.25, 0.3) is 21.5 Å². The SMILES string of the molecule is C=CCn1c(C)cc(-c2csc(NC(=O)c3sc4nc5n(c(=O)c4c3C)CCCCC5)n2)c1C. The smallest absolute Gasteiger partial charge is 0.267 e. The van der Waals surface area contributed by atoms with Crippen LogP contribution in [0.5, 0.6) is 0 Å². The van der Waals surface area contributed by atoms with Crippen molar-refractivity contribution in [2.24, 2.45) is 0 Å². The average Bonchev–Trinajstić information content (AvgIpc) is 3.40. The van der Waals surface area contributed by atoms with Gasteiger partial charge >= 0.3 is 0 Å². The zero-order valence-electron chi connectivity index (χ0n) is 19.6. The first-order chi connectivity index (χ1) is 16.4. The van der Waals surface area contributed by atoms with E-state index in [9.17, 15) is 9.59 Å². The van der Waals surface area contributed by atoms with Crippen LogP contribution in [-0.2, 0) is 19.5 Å². The van der Waals surface area contributed by atoms with Crippen LogP contribution >= 0.6 is 22.7 Å². The van der Waals surface area contributed by atoms with E-state index in [-0.39, 0.29) is 11.5 Å². The van der Waals surface area contributed by atoms with E-state index in [1.165, 1.54) is 22.7 Å². The van der Waals surface area contributed by atoms with Crippen LogP contribution in [0, 0.1) is 20.8 Å². The minimum Gasteiger partial charge on any atom is -0.345 e. The van der Waals surface area contributed by atoms with E-state index < -0.39 is 0 Å². The van der Waals surface area contributed by atoms with Crippen LogP contribution in [0.1, 0.15) is 51.7 Å². The van der Waals surface area contributed by atoms with Crippen molar-refractivity contribution in [2.45, 2.75) is 59.5 Å². The van der Waals surface area contributed by atoms with E-state index >= 15 is 0 Å². The highest BCUT2D eigenvalue weighted by Crippen LogP contribution is 2.32. The molecule has 0 saturated heterocycles. The van der Waals surface area contributed by atoms with Gasteiger partial charge in [0.2, 0.25) is 0 Å². The molecular weight excluding hydrogens is 466 g/mol. The summed E-state index contributed by atoms with van der Waals surface area (Å²) in [6.45, 7) is 11.2. The third-order valence-corrected chi connectivity index (χ3v) is 8.45. The molecular formula is C25H27N5O2S2. The van der Waals surface area contributed by atoms with Crippen LogP contribution in [0.4, 0.5) is 5.13 Å². The molecule has 5 rings (SSSR count). The van der Waals surface area contributed by atoms with Gasteiger partial charge in [0.25, 0.3) is 11.5 Å². The average molecular weight is 494 g/mol. The molecule has 0 aromatic carbocycles. The predicted octanol–water partition coefficient (Wildman–Crippen LogP) is 5.47. The van der Waals surface area contributed by atoms with Crippen molar-refractivity contribution in [3.05, 3.63) is 62.1 Å². The number of nitrogens with zero attached hydrogens (tertiary/aromatic N) is 4. The van der Waals surface area contributed by atoms with Crippen LogP contribution in [0.2, 0.25) is 0 Å². The van der Waals surface area contributed by atoms with Crippen molar-refractivity contribution in [2.75, 3.05) is 5.32 Å². The third-order valence-electron chi connectivity index (χ3n) is 6.50. The second-order valence-corrected chi connectivity index (χ2v) is 10.6. The first kappa shape index (κ1) is 22.7. The Morgan fingerprint density at radius 2 is 2.06 bits per heavy atom. The Labute approximate surface area is 205 Å². The van der Waals surface area contributed by atoms with Gasteiger partial charge in [-0.1, -0.05) is 12.5 Å². The van der Waals surface area contributed by atoms with Gasteiger partial charge in [0.05, 0.1) is 16.0 Å². The fourth-order valence-corrected chi connectivity index (χ4v) is 6.50. The largest absolute Gasteiger partial charge is 0.345 e. The Morgan fingerprint density at radius 3 is 2.85 bits per heavy atom. The lowest BCUT2D eigenvalue weighted by Crippen LogP contribution is -2.24. The lowest BCUT2D eigenvalue weighted by atomic mass is 10.2. The molecule has 1 N–H and O–H groups in total. The number of thiazole rings is 1. The summed E-state index contributed by atoms with van der Waals surface area (Å²) in [5.41, 5.74) is 4.81. The fraction of sp³-hybridized carbons (Fsp3) is 0.360. The monoisotopic (exact) mass is 493 g/mol. The molecule has 0 bridgehead atoms. The zero-order valence-corrected chi connectivity index (χ0v) is 21.2. The van der Waals surface area contributed by atoms with Gasteiger partial charge in [-0.3, -0.25) is 19.5 Å². The molecule has 0 aliphatic carbocycles. The number of carbonyl (C=O) groups is 1. The van der Waals surface area contributed by atoms with Gasteiger partial charge in [0.1, 0.15) is 10.7 Å². The van der Waals surface area contributed by atoms with E-state index in [2.05, 4.69) is 41.4 Å². The molecule has 0 unspecified atom stereocenters. The summed E-state index contributed by atoms with van der Waals surface area (Å²) in [6.07, 6.45) is 5.81. The number of nitrogens with one attached hydrogen (secondary N) is 1. The summed E-state index contributed by atoms with van der Waals surface area (Å²) < 4.78 is 3.99. The summed E-state index contributed by atoms with van der Waals surface area (Å²) in [5.74, 6) is 0.583. The molecule has 5 heterocycles. The molecule has 176 valence electrons. The Hall–Kier alpha value is -3.04. The first-order valence-corrected chi connectivity index (χ1v) is 13.2. The lowest BCUT2D eigenvalue weighted by molar-refractivity contribution is 0.103. The number of aryl methyl sites for hydroxylation is 3. The molecule has 0 saturated carbocycles. The van der Waals surface area contributed by atoms with Crippen molar-refractivity contribution < 1.29 is 4.79 Å². The molecule has 1 amide bonds. The second-order valence-electron chi connectivity index (χ2n) is 8.71. The normalized spacial score (nSPS) is 13.6. The van der Waals surface area contributed by atoms with Gasteiger partial charge < -0.3 is 4.57 Å². The van der Waals surface area contributed by atoms with Crippen LogP contribution in [-0.4, -0.2) is 25.0 Å². The molecule has 0 radical (unpaired) electrons. The maximum absolute atomic E-state index is 13.2. The molecule has 1 aliphatic rings. The quantitative estimate of drug-likeness (QED) is 0.374. The number of aromatic nitrogens is 4. The van der Waals surface area contributed by atoms with Gasteiger partial charge in [0, 0.05) is 41.8 Å². The highest BCUT2D eigenvalue weighted by atomic mass is 32.1. The molecule has 0 spiro atoms. The molecule has 0 atom stereocenters. The Morgan fingerprint density at radius 1 is 1.24 bits per heavy atom. The fourth-order valence-electron chi connectivity index (χ4n) is 4.71. The number of amides is 1. The topological polar surface area (TPSA) is 81.8 Å². The molecule has 9 heteroatoms. The van der Waals surface area contributed by atoms with Crippen LogP contribution in [0.3, 0.4) is 0 Å². The summed E-state index contributed by atoms with van der Waals surface area (Å²) in [5, 5.41) is 5.99. The van der Waals surface area contributed by atoms with Crippen molar-refractivity contribution >= 4 is 43.9 Å². The van der Waals surface area contributed by atoms with Gasteiger partial charge in [-0.05, 0) is 45.2 Å². The zero-order chi connectivity index (χ0) is 24.0. The van der Waals surface area contributed by atoms with Crippen molar-refractivity contribution in [1.82, 2.24) is 19.1 Å². The Kier molecular flexibility index (Phi) is 5.99. The van der Waals surface area contributed by atoms with E-state index in [0.29, 0.717) is 32.3 Å². The van der Waals surface area contributed by atoms with Gasteiger partial charge in [-0.25, -0.2) is 9.97 Å². The summed E-state index contributed by atoms with van der Waals surface area (Å²) in [6, 6.07) is 2.11. The molecule has 1 aliphatic heterocycles. The van der Waals surface area contributed by atoms with E-state index in [4.69, 9.17) is 4.98 Å². The maximum Gasteiger partial charge on any atom is 0.267 e. The third kappa shape index (κ3) is 3.82. The highest BCUT2D eigenvalue weighted by molar-refractivity contribution is 7.21. The molecule has 7 nitrogen and oxygen atoms in total. The predicted molar refractivity (Wildman–Crippen MR) is 139 cm³/mol. The number of anilines is 1. The molecule has 4 aromatic heterocycles. The number of allylic oxidation sites excluding steroid dienone is 1. The van der Waals surface area contributed by atoms with Crippen molar-refractivity contribution in [3.8, 4) is 11.3 Å². The minimum absolute atomic E-state index is 0.0267. The van der Waals surface area contributed by atoms with Crippen molar-refractivity contribution in [3.63, 3.8) is 0 Å². The number of rotatable bonds is 5. The number of hydrogen-bond acceptors (Lipinski definition) is 6. The Bertz CT molecular complexity index is 1490. The first-order valence-electron chi connectivity index (χ1n) is 11.5. The lowest BCUT2D eigenvalue weighted by Gasteiger charge is -2.08. The van der Waals surface area contributed by atoms with Crippen LogP contribution in [0.15, 0.2) is 28.9 Å². The highest BCUT2D eigenvalue weighted by Gasteiger charge is 2.23. The molecule has 0 fully saturated rings. The molecule has 4 aromatic rings. The van der Waals surface area contributed by atoms with E-state index in [1.54, 1.807) is 4.57 Å². The van der Waals surface area contributed by atoms with Crippen molar-refractivity contribution in [1.29, 1.82) is 0 Å². The number of carbonyl (C=O) groups excluding carboxylic acids is 1. The summed E-state index contributed by atoms with van der Waals surface area (Å²) >= 11 is 2.68.